The highest BCUT2D eigenvalue weighted by molar-refractivity contribution is 5.91. The number of aliphatic hydroxyl groups is 1. The van der Waals surface area contributed by atoms with Gasteiger partial charge in [0.05, 0.1) is 16.6 Å². The molecule has 5 nitrogen and oxygen atoms in total. The Morgan fingerprint density at radius 2 is 1.70 bits per heavy atom. The van der Waals surface area contributed by atoms with E-state index in [-0.39, 0.29) is 0 Å². The highest BCUT2D eigenvalue weighted by Crippen LogP contribution is 2.25. The van der Waals surface area contributed by atoms with E-state index in [9.17, 15) is 9.90 Å². The molecule has 1 atom stereocenters. The maximum atomic E-state index is 11.5. The van der Waals surface area contributed by atoms with Crippen molar-refractivity contribution >= 4 is 28.0 Å². The molecule has 0 aliphatic carbocycles. The SMILES string of the molecule is CC(O)C(=O)Oc1cccc2nc3ccccc3nc12. The molecule has 0 fully saturated rings. The van der Waals surface area contributed by atoms with Crippen molar-refractivity contribution in [1.82, 2.24) is 9.97 Å². The molecule has 1 aromatic heterocycles. The summed E-state index contributed by atoms with van der Waals surface area (Å²) in [6, 6.07) is 12.6. The Morgan fingerprint density at radius 3 is 2.40 bits per heavy atom. The molecule has 0 saturated heterocycles. The lowest BCUT2D eigenvalue weighted by Crippen LogP contribution is -2.22. The number of carbonyl (C=O) groups is 1. The summed E-state index contributed by atoms with van der Waals surface area (Å²) in [5, 5.41) is 9.22. The zero-order valence-electron chi connectivity index (χ0n) is 10.8. The second-order valence-electron chi connectivity index (χ2n) is 4.43. The molecule has 0 radical (unpaired) electrons. The summed E-state index contributed by atoms with van der Waals surface area (Å²) in [4.78, 5) is 20.4. The number of hydrogen-bond donors (Lipinski definition) is 1. The summed E-state index contributed by atoms with van der Waals surface area (Å²) in [5.41, 5.74) is 2.64. The summed E-state index contributed by atoms with van der Waals surface area (Å²) in [6.07, 6.45) is -1.18. The number of fused-ring (bicyclic) bond motifs is 2. The van der Waals surface area contributed by atoms with Crippen LogP contribution in [0.4, 0.5) is 0 Å². The van der Waals surface area contributed by atoms with Gasteiger partial charge in [0.2, 0.25) is 0 Å². The van der Waals surface area contributed by atoms with E-state index >= 15 is 0 Å². The molecule has 0 aliphatic heterocycles. The van der Waals surface area contributed by atoms with Crippen LogP contribution >= 0.6 is 0 Å². The summed E-state index contributed by atoms with van der Waals surface area (Å²) < 4.78 is 5.15. The number of carbonyl (C=O) groups excluding carboxylic acids is 1. The van der Waals surface area contributed by atoms with Crippen molar-refractivity contribution in [2.75, 3.05) is 0 Å². The number of rotatable bonds is 2. The first-order chi connectivity index (χ1) is 9.65. The van der Waals surface area contributed by atoms with Crippen molar-refractivity contribution in [2.24, 2.45) is 0 Å². The number of esters is 1. The molecule has 20 heavy (non-hydrogen) atoms. The molecule has 0 amide bonds. The zero-order valence-corrected chi connectivity index (χ0v) is 10.8. The minimum atomic E-state index is -1.18. The van der Waals surface area contributed by atoms with Crippen LogP contribution in [0.15, 0.2) is 42.5 Å². The van der Waals surface area contributed by atoms with Crippen molar-refractivity contribution < 1.29 is 14.6 Å². The van der Waals surface area contributed by atoms with Crippen LogP contribution in [0, 0.1) is 0 Å². The smallest absolute Gasteiger partial charge is 0.340 e. The van der Waals surface area contributed by atoms with E-state index in [2.05, 4.69) is 9.97 Å². The van der Waals surface area contributed by atoms with Crippen LogP contribution in [-0.2, 0) is 4.79 Å². The number of hydrogen-bond acceptors (Lipinski definition) is 5. The zero-order chi connectivity index (χ0) is 14.1. The van der Waals surface area contributed by atoms with Gasteiger partial charge in [-0.05, 0) is 31.2 Å². The monoisotopic (exact) mass is 268 g/mol. The number of nitrogens with zero attached hydrogens (tertiary/aromatic N) is 2. The molecule has 1 N–H and O–H groups in total. The van der Waals surface area contributed by atoms with Gasteiger partial charge in [-0.2, -0.15) is 0 Å². The standard InChI is InChI=1S/C15H12N2O3/c1-9(18)15(19)20-13-8-4-7-12-14(13)17-11-6-3-2-5-10(11)16-12/h2-9,18H,1H3. The molecular weight excluding hydrogens is 256 g/mol. The van der Waals surface area contributed by atoms with Crippen molar-refractivity contribution in [3.05, 3.63) is 42.5 Å². The molecule has 0 bridgehead atoms. The van der Waals surface area contributed by atoms with Gasteiger partial charge in [-0.3, -0.25) is 0 Å². The van der Waals surface area contributed by atoms with Gasteiger partial charge >= 0.3 is 5.97 Å². The fourth-order valence-electron chi connectivity index (χ4n) is 1.89. The van der Waals surface area contributed by atoms with Gasteiger partial charge in [-0.15, -0.1) is 0 Å². The van der Waals surface area contributed by atoms with Gasteiger partial charge in [-0.1, -0.05) is 18.2 Å². The van der Waals surface area contributed by atoms with Gasteiger partial charge in [0.25, 0.3) is 0 Å². The normalized spacial score (nSPS) is 12.5. The highest BCUT2D eigenvalue weighted by Gasteiger charge is 2.14. The molecule has 3 rings (SSSR count). The Labute approximate surface area is 114 Å². The maximum Gasteiger partial charge on any atom is 0.340 e. The van der Waals surface area contributed by atoms with Crippen LogP contribution in [0.3, 0.4) is 0 Å². The van der Waals surface area contributed by atoms with Crippen LogP contribution < -0.4 is 4.74 Å². The Morgan fingerprint density at radius 1 is 1.05 bits per heavy atom. The molecule has 5 heteroatoms. The van der Waals surface area contributed by atoms with E-state index < -0.39 is 12.1 Å². The van der Waals surface area contributed by atoms with E-state index in [0.717, 1.165) is 11.0 Å². The first-order valence-electron chi connectivity index (χ1n) is 6.20. The molecule has 1 unspecified atom stereocenters. The number of benzene rings is 2. The number of aliphatic hydroxyl groups excluding tert-OH is 1. The summed E-state index contributed by atoms with van der Waals surface area (Å²) >= 11 is 0. The molecule has 100 valence electrons. The first kappa shape index (κ1) is 12.5. The predicted molar refractivity (Wildman–Crippen MR) is 74.4 cm³/mol. The van der Waals surface area contributed by atoms with E-state index in [1.165, 1.54) is 6.92 Å². The van der Waals surface area contributed by atoms with Crippen molar-refractivity contribution in [1.29, 1.82) is 0 Å². The molecule has 3 aromatic rings. The molecular formula is C15H12N2O3. The first-order valence-corrected chi connectivity index (χ1v) is 6.20. The Kier molecular flexibility index (Phi) is 3.04. The van der Waals surface area contributed by atoms with E-state index in [1.807, 2.05) is 24.3 Å². The van der Waals surface area contributed by atoms with Crippen LogP contribution in [0.25, 0.3) is 22.1 Å². The third-order valence-electron chi connectivity index (χ3n) is 2.88. The average molecular weight is 268 g/mol. The van der Waals surface area contributed by atoms with Crippen LogP contribution in [-0.4, -0.2) is 27.1 Å². The van der Waals surface area contributed by atoms with Crippen molar-refractivity contribution in [2.45, 2.75) is 13.0 Å². The van der Waals surface area contributed by atoms with Crippen LogP contribution in [0.1, 0.15) is 6.92 Å². The maximum absolute atomic E-state index is 11.5. The molecule has 2 aromatic carbocycles. The van der Waals surface area contributed by atoms with Gasteiger partial charge in [0, 0.05) is 0 Å². The van der Waals surface area contributed by atoms with Crippen LogP contribution in [0.2, 0.25) is 0 Å². The second kappa shape index (κ2) is 4.86. The summed E-state index contributed by atoms with van der Waals surface area (Å²) in [6.45, 7) is 1.36. The van der Waals surface area contributed by atoms with Gasteiger partial charge in [0.15, 0.2) is 5.75 Å². The van der Waals surface area contributed by atoms with Crippen molar-refractivity contribution in [3.63, 3.8) is 0 Å². The van der Waals surface area contributed by atoms with Crippen molar-refractivity contribution in [3.8, 4) is 5.75 Å². The third kappa shape index (κ3) is 2.19. The van der Waals surface area contributed by atoms with Gasteiger partial charge in [-0.25, -0.2) is 14.8 Å². The minimum absolute atomic E-state index is 0.298. The quantitative estimate of drug-likeness (QED) is 0.437. The molecule has 0 saturated carbocycles. The largest absolute Gasteiger partial charge is 0.422 e. The van der Waals surface area contributed by atoms with E-state index in [4.69, 9.17) is 4.74 Å². The number of para-hydroxylation sites is 3. The van der Waals surface area contributed by atoms with Gasteiger partial charge in [0.1, 0.15) is 11.6 Å². The summed E-state index contributed by atoms with van der Waals surface area (Å²) in [7, 11) is 0. The number of ether oxygens (including phenoxy) is 1. The lowest BCUT2D eigenvalue weighted by Gasteiger charge is -2.08. The fourth-order valence-corrected chi connectivity index (χ4v) is 1.89. The average Bonchev–Trinajstić information content (AvgIpc) is 2.45. The van der Waals surface area contributed by atoms with Gasteiger partial charge < -0.3 is 9.84 Å². The molecule has 0 spiro atoms. The minimum Gasteiger partial charge on any atom is -0.422 e. The summed E-state index contributed by atoms with van der Waals surface area (Å²) in [5.74, 6) is -0.417. The lowest BCUT2D eigenvalue weighted by molar-refractivity contribution is -0.142. The van der Waals surface area contributed by atoms with Crippen LogP contribution in [0.5, 0.6) is 5.75 Å². The van der Waals surface area contributed by atoms with E-state index in [0.29, 0.717) is 16.8 Å². The fraction of sp³-hybridized carbons (Fsp3) is 0.133. The Bertz CT molecular complexity index is 799. The number of aromatic nitrogens is 2. The highest BCUT2D eigenvalue weighted by atomic mass is 16.5. The Hall–Kier alpha value is -2.53. The lowest BCUT2D eigenvalue weighted by atomic mass is 10.2. The topological polar surface area (TPSA) is 72.3 Å². The predicted octanol–water partition coefficient (Wildman–Crippen LogP) is 2.07. The molecule has 0 aliphatic rings. The van der Waals surface area contributed by atoms with E-state index in [1.54, 1.807) is 18.2 Å². The second-order valence-corrected chi connectivity index (χ2v) is 4.43. The Balaban J connectivity index is 2.17. The molecule has 1 heterocycles. The third-order valence-corrected chi connectivity index (χ3v) is 2.88.